The van der Waals surface area contributed by atoms with Gasteiger partial charge < -0.3 is 14.9 Å². The number of rotatable bonds is 11. The first-order chi connectivity index (χ1) is 20.5. The molecule has 1 aromatic carbocycles. The molecule has 1 aliphatic carbocycles. The van der Waals surface area contributed by atoms with Crippen molar-refractivity contribution in [3.05, 3.63) is 73.8 Å². The highest BCUT2D eigenvalue weighted by molar-refractivity contribution is 7.09. The number of fused-ring (bicyclic) bond motifs is 2. The molecule has 0 radical (unpaired) electrons. The molecule has 6 rings (SSSR count). The van der Waals surface area contributed by atoms with Gasteiger partial charge >= 0.3 is 0 Å². The van der Waals surface area contributed by atoms with E-state index in [1.165, 1.54) is 56.2 Å². The number of hydrogen-bond donors (Lipinski definition) is 2. The monoisotopic (exact) mass is 584 g/mol. The van der Waals surface area contributed by atoms with Crippen molar-refractivity contribution in [3.8, 4) is 11.4 Å². The van der Waals surface area contributed by atoms with E-state index in [2.05, 4.69) is 47.4 Å². The SMILES string of the molecule is CCC(c1cc[nH]c(=O)c1-c1nc2cc3c(cc2[nH]1)CN(CCCCC1CCCCCC1)C3=O)[C@@H](C)Cc1cccs1. The van der Waals surface area contributed by atoms with Crippen molar-refractivity contribution in [3.63, 3.8) is 0 Å². The third-order valence-electron chi connectivity index (χ3n) is 9.71. The molecule has 222 valence electrons. The average Bonchev–Trinajstić information content (AvgIpc) is 3.65. The Bertz CT molecular complexity index is 1560. The Kier molecular flexibility index (Phi) is 8.94. The molecule has 4 heterocycles. The van der Waals surface area contributed by atoms with Crippen LogP contribution in [0.25, 0.3) is 22.4 Å². The maximum Gasteiger partial charge on any atom is 0.259 e. The number of nitrogens with zero attached hydrogens (tertiary/aromatic N) is 2. The minimum absolute atomic E-state index is 0.109. The van der Waals surface area contributed by atoms with Crippen molar-refractivity contribution in [2.75, 3.05) is 6.54 Å². The van der Waals surface area contributed by atoms with Crippen LogP contribution < -0.4 is 5.56 Å². The van der Waals surface area contributed by atoms with Gasteiger partial charge in [-0.2, -0.15) is 0 Å². The Balaban J connectivity index is 1.18. The molecule has 0 saturated heterocycles. The van der Waals surface area contributed by atoms with Crippen LogP contribution >= 0.6 is 11.3 Å². The van der Waals surface area contributed by atoms with Gasteiger partial charge in [0.15, 0.2) is 0 Å². The molecule has 42 heavy (non-hydrogen) atoms. The Morgan fingerprint density at radius 3 is 2.69 bits per heavy atom. The van der Waals surface area contributed by atoms with Crippen LogP contribution in [0, 0.1) is 11.8 Å². The summed E-state index contributed by atoms with van der Waals surface area (Å²) < 4.78 is 0. The van der Waals surface area contributed by atoms with Gasteiger partial charge in [-0.25, -0.2) is 4.98 Å². The zero-order valence-corrected chi connectivity index (χ0v) is 25.9. The molecule has 1 aliphatic heterocycles. The number of amides is 1. The van der Waals surface area contributed by atoms with Gasteiger partial charge in [0.25, 0.3) is 11.5 Å². The van der Waals surface area contributed by atoms with Crippen molar-refractivity contribution in [1.29, 1.82) is 0 Å². The van der Waals surface area contributed by atoms with E-state index in [9.17, 15) is 9.59 Å². The molecule has 6 nitrogen and oxygen atoms in total. The number of pyridine rings is 1. The molecule has 3 aromatic heterocycles. The Morgan fingerprint density at radius 2 is 1.93 bits per heavy atom. The van der Waals surface area contributed by atoms with Crippen molar-refractivity contribution >= 4 is 28.3 Å². The Hall–Kier alpha value is -3.19. The second-order valence-corrected chi connectivity index (χ2v) is 13.6. The highest BCUT2D eigenvalue weighted by Crippen LogP contribution is 2.36. The fourth-order valence-electron chi connectivity index (χ4n) is 7.43. The molecule has 1 saturated carbocycles. The van der Waals surface area contributed by atoms with Gasteiger partial charge in [0.2, 0.25) is 0 Å². The summed E-state index contributed by atoms with van der Waals surface area (Å²) in [6.07, 6.45) is 15.6. The number of aromatic amines is 2. The summed E-state index contributed by atoms with van der Waals surface area (Å²) in [6, 6.07) is 10.3. The molecule has 2 N–H and O–H groups in total. The van der Waals surface area contributed by atoms with Crippen molar-refractivity contribution in [1.82, 2.24) is 19.9 Å². The second kappa shape index (κ2) is 13.0. The highest BCUT2D eigenvalue weighted by atomic mass is 32.1. The van der Waals surface area contributed by atoms with Crippen molar-refractivity contribution in [2.24, 2.45) is 11.8 Å². The number of carbonyl (C=O) groups excluding carboxylic acids is 1. The fourth-order valence-corrected chi connectivity index (χ4v) is 8.28. The topological polar surface area (TPSA) is 81.8 Å². The molecule has 1 amide bonds. The van der Waals surface area contributed by atoms with Crippen LogP contribution in [-0.2, 0) is 13.0 Å². The van der Waals surface area contributed by atoms with Crippen LogP contribution in [0.4, 0.5) is 0 Å². The molecule has 0 bridgehead atoms. The molecular formula is C35H44N4O2S. The minimum Gasteiger partial charge on any atom is -0.338 e. The standard InChI is InChI=1S/C35H44N4O2S/c1-3-27(23(2)19-26-14-10-18-42-26)28-15-16-36-34(40)32(28)33-37-30-20-25-22-39(35(41)29(25)21-31(30)38-33)17-9-8-13-24-11-6-4-5-7-12-24/h10,14-16,18,20-21,23-24,27H,3-9,11-13,17,19,22H2,1-2H3,(H,36,40)(H,37,38)/t23-,27?/m0/s1. The maximum absolute atomic E-state index is 13.3. The van der Waals surface area contributed by atoms with Gasteiger partial charge in [-0.3, -0.25) is 9.59 Å². The van der Waals surface area contributed by atoms with Gasteiger partial charge in [-0.05, 0) is 77.8 Å². The summed E-state index contributed by atoms with van der Waals surface area (Å²) >= 11 is 1.79. The third kappa shape index (κ3) is 6.12. The van der Waals surface area contributed by atoms with E-state index in [1.54, 1.807) is 17.5 Å². The van der Waals surface area contributed by atoms with Crippen LogP contribution in [0.15, 0.2) is 46.7 Å². The van der Waals surface area contributed by atoms with Gasteiger partial charge in [0.1, 0.15) is 5.82 Å². The largest absolute Gasteiger partial charge is 0.338 e. The van der Waals surface area contributed by atoms with E-state index in [0.717, 1.165) is 59.4 Å². The van der Waals surface area contributed by atoms with E-state index >= 15 is 0 Å². The molecular weight excluding hydrogens is 540 g/mol. The normalized spacial score (nSPS) is 17.5. The van der Waals surface area contributed by atoms with Crippen LogP contribution in [0.3, 0.4) is 0 Å². The number of carbonyl (C=O) groups is 1. The van der Waals surface area contributed by atoms with E-state index in [4.69, 9.17) is 4.98 Å². The number of nitrogens with one attached hydrogen (secondary N) is 2. The quantitative estimate of drug-likeness (QED) is 0.137. The first-order valence-corrected chi connectivity index (χ1v) is 17.0. The zero-order valence-electron chi connectivity index (χ0n) is 25.1. The third-order valence-corrected chi connectivity index (χ3v) is 10.6. The lowest BCUT2D eigenvalue weighted by Gasteiger charge is -2.24. The van der Waals surface area contributed by atoms with Crippen LogP contribution in [-0.4, -0.2) is 32.3 Å². The first-order valence-electron chi connectivity index (χ1n) is 16.1. The van der Waals surface area contributed by atoms with Crippen molar-refractivity contribution in [2.45, 2.75) is 96.9 Å². The van der Waals surface area contributed by atoms with Gasteiger partial charge in [-0.15, -0.1) is 11.3 Å². The zero-order chi connectivity index (χ0) is 29.1. The summed E-state index contributed by atoms with van der Waals surface area (Å²) in [5.74, 6) is 2.17. The predicted molar refractivity (Wildman–Crippen MR) is 172 cm³/mol. The molecule has 1 fully saturated rings. The summed E-state index contributed by atoms with van der Waals surface area (Å²) in [5.41, 5.74) is 4.92. The number of unbranched alkanes of at least 4 members (excludes halogenated alkanes) is 1. The summed E-state index contributed by atoms with van der Waals surface area (Å²) in [5, 5.41) is 2.12. The second-order valence-electron chi connectivity index (χ2n) is 12.6. The number of hydrogen-bond acceptors (Lipinski definition) is 4. The Morgan fingerprint density at radius 1 is 1.10 bits per heavy atom. The van der Waals surface area contributed by atoms with Gasteiger partial charge in [0.05, 0.1) is 16.6 Å². The molecule has 7 heteroatoms. The average molecular weight is 585 g/mol. The van der Waals surface area contributed by atoms with E-state index in [0.29, 0.717) is 23.9 Å². The molecule has 4 aromatic rings. The van der Waals surface area contributed by atoms with Gasteiger partial charge in [0, 0.05) is 29.7 Å². The van der Waals surface area contributed by atoms with Gasteiger partial charge in [-0.1, -0.05) is 71.3 Å². The molecule has 0 spiro atoms. The number of thiophene rings is 1. The number of aromatic nitrogens is 3. The van der Waals surface area contributed by atoms with Crippen LogP contribution in [0.2, 0.25) is 0 Å². The number of benzene rings is 1. The lowest BCUT2D eigenvalue weighted by atomic mass is 9.81. The Labute approximate surface area is 253 Å². The van der Waals surface area contributed by atoms with Crippen molar-refractivity contribution < 1.29 is 4.79 Å². The molecule has 1 unspecified atom stereocenters. The first kappa shape index (κ1) is 28.9. The highest BCUT2D eigenvalue weighted by Gasteiger charge is 2.29. The maximum atomic E-state index is 13.3. The predicted octanol–water partition coefficient (Wildman–Crippen LogP) is 8.45. The summed E-state index contributed by atoms with van der Waals surface area (Å²) in [4.78, 5) is 41.2. The minimum atomic E-state index is -0.132. The smallest absolute Gasteiger partial charge is 0.259 e. The number of H-pyrrole nitrogens is 2. The lowest BCUT2D eigenvalue weighted by Crippen LogP contribution is -2.25. The van der Waals surface area contributed by atoms with E-state index < -0.39 is 0 Å². The van der Waals surface area contributed by atoms with E-state index in [1.807, 2.05) is 17.0 Å². The fraction of sp³-hybridized carbons (Fsp3) is 0.514. The summed E-state index contributed by atoms with van der Waals surface area (Å²) in [7, 11) is 0. The van der Waals surface area contributed by atoms with E-state index in [-0.39, 0.29) is 17.4 Å². The summed E-state index contributed by atoms with van der Waals surface area (Å²) in [6.45, 7) is 5.93. The van der Waals surface area contributed by atoms with Crippen LogP contribution in [0.1, 0.15) is 110 Å². The number of imidazole rings is 1. The molecule has 2 aliphatic rings. The van der Waals surface area contributed by atoms with Crippen LogP contribution in [0.5, 0.6) is 0 Å². The lowest BCUT2D eigenvalue weighted by molar-refractivity contribution is 0.0775. The molecule has 2 atom stereocenters.